The Labute approximate surface area is 144 Å². The predicted molar refractivity (Wildman–Crippen MR) is 98.8 cm³/mol. The Kier molecular flexibility index (Phi) is 4.62. The van der Waals surface area contributed by atoms with E-state index in [0.29, 0.717) is 25.7 Å². The van der Waals surface area contributed by atoms with Gasteiger partial charge in [-0.15, -0.1) is 13.2 Å². The van der Waals surface area contributed by atoms with Crippen LogP contribution in [0.3, 0.4) is 0 Å². The minimum absolute atomic E-state index is 0.462. The second kappa shape index (κ2) is 6.54. The minimum Gasteiger partial charge on any atom is -0.381 e. The van der Waals surface area contributed by atoms with Crippen molar-refractivity contribution >= 4 is 0 Å². The van der Waals surface area contributed by atoms with Crippen LogP contribution in [-0.4, -0.2) is 21.4 Å². The molecule has 0 aromatic heterocycles. The zero-order valence-electron chi connectivity index (χ0n) is 14.2. The Morgan fingerprint density at radius 1 is 0.750 bits per heavy atom. The number of hydrogen-bond acceptors (Lipinski definition) is 2. The molecule has 2 heteroatoms. The summed E-state index contributed by atoms with van der Waals surface area (Å²) in [6, 6.07) is 8.67. The van der Waals surface area contributed by atoms with Gasteiger partial charge in [-0.1, -0.05) is 36.4 Å². The van der Waals surface area contributed by atoms with E-state index in [0.717, 1.165) is 24.0 Å². The third-order valence-corrected chi connectivity index (χ3v) is 5.24. The molecule has 5 aliphatic rings. The Hall–Kier alpha value is -1.90. The van der Waals surface area contributed by atoms with Crippen LogP contribution in [0.5, 0.6) is 0 Å². The second-order valence-corrected chi connectivity index (χ2v) is 6.99. The molecule has 0 radical (unpaired) electrons. The van der Waals surface area contributed by atoms with E-state index < -0.39 is 11.2 Å². The molecule has 0 spiro atoms. The van der Waals surface area contributed by atoms with Gasteiger partial charge in [-0.25, -0.2) is 0 Å². The molecule has 5 aliphatic carbocycles. The van der Waals surface area contributed by atoms with E-state index in [4.69, 9.17) is 0 Å². The minimum atomic E-state index is -1.04. The van der Waals surface area contributed by atoms with Crippen molar-refractivity contribution in [1.29, 1.82) is 0 Å². The summed E-state index contributed by atoms with van der Waals surface area (Å²) in [6.45, 7) is 7.59. The highest BCUT2D eigenvalue weighted by Crippen LogP contribution is 2.41. The van der Waals surface area contributed by atoms with Gasteiger partial charge in [-0.05, 0) is 60.1 Å². The summed E-state index contributed by atoms with van der Waals surface area (Å²) in [7, 11) is 0. The fourth-order valence-corrected chi connectivity index (χ4v) is 3.84. The van der Waals surface area contributed by atoms with Crippen molar-refractivity contribution in [3.8, 4) is 0 Å². The Balaban J connectivity index is 2.09. The Bertz CT molecular complexity index is 634. The highest BCUT2D eigenvalue weighted by Gasteiger charge is 2.40. The van der Waals surface area contributed by atoms with Gasteiger partial charge in [0.1, 0.15) is 11.2 Å². The summed E-state index contributed by atoms with van der Waals surface area (Å²) in [5.74, 6) is 0. The Morgan fingerprint density at radius 3 is 1.46 bits per heavy atom. The van der Waals surface area contributed by atoms with Crippen LogP contribution in [0.2, 0.25) is 0 Å². The van der Waals surface area contributed by atoms with Crippen LogP contribution in [0.25, 0.3) is 0 Å². The average Bonchev–Trinajstić information content (AvgIpc) is 2.54. The largest absolute Gasteiger partial charge is 0.381 e. The molecule has 2 atom stereocenters. The standard InChI is InChI=1S/C22H26O2/c1-3-13-21(23)15-20-12-10-18-7-5-17(6-8-18)9-11-19(21)16-22(20,24)14-4-2/h3-8,15-16,23-24H,1-2,9-14H2/t21-,22-/m0/s1. The van der Waals surface area contributed by atoms with E-state index in [1.54, 1.807) is 12.2 Å². The van der Waals surface area contributed by atoms with E-state index in [2.05, 4.69) is 37.4 Å². The van der Waals surface area contributed by atoms with Gasteiger partial charge in [0.25, 0.3) is 0 Å². The molecule has 4 bridgehead atoms. The molecule has 0 saturated heterocycles. The van der Waals surface area contributed by atoms with Crippen molar-refractivity contribution in [2.45, 2.75) is 49.7 Å². The molecular formula is C22H26O2. The molecule has 0 amide bonds. The van der Waals surface area contributed by atoms with Crippen LogP contribution in [0.1, 0.15) is 36.8 Å². The van der Waals surface area contributed by atoms with Crippen molar-refractivity contribution in [2.75, 3.05) is 0 Å². The van der Waals surface area contributed by atoms with Crippen LogP contribution in [0, 0.1) is 0 Å². The number of rotatable bonds is 4. The quantitative estimate of drug-likeness (QED) is 0.821. The first kappa shape index (κ1) is 16.9. The predicted octanol–water partition coefficient (Wildman–Crippen LogP) is 4.05. The maximum Gasteiger partial charge on any atom is 0.108 e. The molecule has 0 unspecified atom stereocenters. The number of aliphatic hydroxyl groups is 2. The summed E-state index contributed by atoms with van der Waals surface area (Å²) < 4.78 is 0. The van der Waals surface area contributed by atoms with Crippen molar-refractivity contribution < 1.29 is 10.2 Å². The van der Waals surface area contributed by atoms with Gasteiger partial charge in [0.15, 0.2) is 0 Å². The van der Waals surface area contributed by atoms with Gasteiger partial charge in [-0.3, -0.25) is 0 Å². The molecule has 2 nitrogen and oxygen atoms in total. The van der Waals surface area contributed by atoms with Crippen LogP contribution in [0.15, 0.2) is 72.9 Å². The van der Waals surface area contributed by atoms with Crippen LogP contribution < -0.4 is 0 Å². The second-order valence-electron chi connectivity index (χ2n) is 6.99. The molecule has 24 heavy (non-hydrogen) atoms. The van der Waals surface area contributed by atoms with Crippen LogP contribution in [0.4, 0.5) is 0 Å². The van der Waals surface area contributed by atoms with Gasteiger partial charge in [-0.2, -0.15) is 0 Å². The summed E-state index contributed by atoms with van der Waals surface area (Å²) in [4.78, 5) is 0. The molecule has 0 fully saturated rings. The van der Waals surface area contributed by atoms with E-state index in [-0.39, 0.29) is 0 Å². The van der Waals surface area contributed by atoms with Gasteiger partial charge < -0.3 is 10.2 Å². The Morgan fingerprint density at radius 2 is 1.12 bits per heavy atom. The summed E-state index contributed by atoms with van der Waals surface area (Å²) in [5.41, 5.74) is 2.18. The molecule has 1 aromatic carbocycles. The highest BCUT2D eigenvalue weighted by atomic mass is 16.3. The molecular weight excluding hydrogens is 296 g/mol. The summed E-state index contributed by atoms with van der Waals surface area (Å²) >= 11 is 0. The van der Waals surface area contributed by atoms with Gasteiger partial charge in [0.2, 0.25) is 0 Å². The monoisotopic (exact) mass is 322 g/mol. The molecule has 6 rings (SSSR count). The molecule has 126 valence electrons. The fourth-order valence-electron chi connectivity index (χ4n) is 3.84. The third-order valence-electron chi connectivity index (χ3n) is 5.24. The molecule has 0 aliphatic heterocycles. The topological polar surface area (TPSA) is 40.5 Å². The van der Waals surface area contributed by atoms with E-state index in [1.165, 1.54) is 11.1 Å². The van der Waals surface area contributed by atoms with Gasteiger partial charge >= 0.3 is 0 Å². The maximum atomic E-state index is 11.2. The lowest BCUT2D eigenvalue weighted by molar-refractivity contribution is 0.0861. The van der Waals surface area contributed by atoms with Gasteiger partial charge in [0.05, 0.1) is 0 Å². The van der Waals surface area contributed by atoms with Gasteiger partial charge in [0, 0.05) is 12.8 Å². The number of benzene rings is 1. The normalized spacial score (nSPS) is 29.2. The first-order valence-corrected chi connectivity index (χ1v) is 8.68. The average molecular weight is 322 g/mol. The lowest BCUT2D eigenvalue weighted by Crippen LogP contribution is -2.41. The zero-order valence-corrected chi connectivity index (χ0v) is 14.2. The first-order valence-electron chi connectivity index (χ1n) is 8.68. The van der Waals surface area contributed by atoms with Crippen molar-refractivity contribution in [2.24, 2.45) is 0 Å². The van der Waals surface area contributed by atoms with Crippen molar-refractivity contribution in [1.82, 2.24) is 0 Å². The van der Waals surface area contributed by atoms with Crippen LogP contribution in [-0.2, 0) is 12.8 Å². The molecule has 0 heterocycles. The smallest absolute Gasteiger partial charge is 0.108 e. The SMILES string of the molecule is C=CC[C@]1(O)C=C2CCc3ccc(cc3)CCC1=C[C@@]2(O)CC=C. The maximum absolute atomic E-state index is 11.2. The molecule has 0 saturated carbocycles. The van der Waals surface area contributed by atoms with E-state index in [9.17, 15) is 10.2 Å². The summed E-state index contributed by atoms with van der Waals surface area (Å²) in [5, 5.41) is 22.4. The van der Waals surface area contributed by atoms with Crippen molar-refractivity contribution in [3.05, 3.63) is 84.0 Å². The first-order chi connectivity index (χ1) is 11.5. The molecule has 1 aromatic rings. The molecule has 2 N–H and O–H groups in total. The van der Waals surface area contributed by atoms with Crippen LogP contribution >= 0.6 is 0 Å². The van der Waals surface area contributed by atoms with E-state index in [1.807, 2.05) is 12.2 Å². The number of hydrogen-bond donors (Lipinski definition) is 2. The lowest BCUT2D eigenvalue weighted by atomic mass is 9.71. The highest BCUT2D eigenvalue weighted by molar-refractivity contribution is 5.44. The third kappa shape index (κ3) is 3.17. The fraction of sp³-hybridized carbons (Fsp3) is 0.364. The zero-order chi connectivity index (χ0) is 17.2. The number of aryl methyl sites for hydroxylation is 2. The summed E-state index contributed by atoms with van der Waals surface area (Å²) in [6.07, 6.45) is 11.3. The van der Waals surface area contributed by atoms with E-state index >= 15 is 0 Å². The van der Waals surface area contributed by atoms with Crippen molar-refractivity contribution in [3.63, 3.8) is 0 Å². The lowest BCUT2D eigenvalue weighted by Gasteiger charge is -2.40.